The molecule has 1 aromatic heterocycles. The highest BCUT2D eigenvalue weighted by atomic mass is 16.5. The summed E-state index contributed by atoms with van der Waals surface area (Å²) in [5.41, 5.74) is 3.01. The molecule has 4 rings (SSSR count). The van der Waals surface area contributed by atoms with Crippen molar-refractivity contribution in [1.29, 1.82) is 0 Å². The molecule has 0 bridgehead atoms. The van der Waals surface area contributed by atoms with Gasteiger partial charge in [0.05, 0.1) is 12.7 Å². The van der Waals surface area contributed by atoms with Gasteiger partial charge < -0.3 is 14.2 Å². The van der Waals surface area contributed by atoms with Gasteiger partial charge >= 0.3 is 0 Å². The molecule has 1 unspecified atom stereocenters. The third kappa shape index (κ3) is 3.70. The van der Waals surface area contributed by atoms with Gasteiger partial charge in [-0.25, -0.2) is 0 Å². The van der Waals surface area contributed by atoms with Crippen molar-refractivity contribution < 1.29 is 9.53 Å². The summed E-state index contributed by atoms with van der Waals surface area (Å²) in [5.74, 6) is 0.0745. The summed E-state index contributed by atoms with van der Waals surface area (Å²) in [6.07, 6.45) is 4.87. The van der Waals surface area contributed by atoms with Crippen LogP contribution in [0.4, 0.5) is 0 Å². The molecule has 132 valence electrons. The Hall–Kier alpha value is -2.85. The summed E-state index contributed by atoms with van der Waals surface area (Å²) in [4.78, 5) is 14.8. The molecule has 0 N–H and O–H groups in total. The van der Waals surface area contributed by atoms with Crippen LogP contribution in [0.5, 0.6) is 0 Å². The summed E-state index contributed by atoms with van der Waals surface area (Å²) < 4.78 is 7.90. The molecule has 1 aliphatic heterocycles. The molecule has 0 radical (unpaired) electrons. The number of hydrogen-bond acceptors (Lipinski definition) is 2. The molecule has 1 aliphatic rings. The van der Waals surface area contributed by atoms with Crippen LogP contribution in [0, 0.1) is 0 Å². The number of carbonyl (C=O) groups is 1. The number of aromatic nitrogens is 1. The molecule has 1 atom stereocenters. The number of rotatable bonds is 4. The first kappa shape index (κ1) is 16.6. The molecule has 1 amide bonds. The average molecular weight is 346 g/mol. The number of amides is 1. The Morgan fingerprint density at radius 1 is 0.962 bits per heavy atom. The van der Waals surface area contributed by atoms with Gasteiger partial charge in [0.2, 0.25) is 0 Å². The smallest absolute Gasteiger partial charge is 0.254 e. The van der Waals surface area contributed by atoms with E-state index in [0.29, 0.717) is 19.7 Å². The van der Waals surface area contributed by atoms with Crippen molar-refractivity contribution in [2.24, 2.45) is 0 Å². The largest absolute Gasteiger partial charge is 0.374 e. The maximum absolute atomic E-state index is 12.9. The fourth-order valence-corrected chi connectivity index (χ4v) is 3.37. The minimum atomic E-state index is 0.0502. The summed E-state index contributed by atoms with van der Waals surface area (Å²) in [5, 5.41) is 0. The Kier molecular flexibility index (Phi) is 4.84. The minimum absolute atomic E-state index is 0.0502. The van der Waals surface area contributed by atoms with Gasteiger partial charge in [-0.15, -0.1) is 0 Å². The first-order valence-corrected chi connectivity index (χ1v) is 8.98. The highest BCUT2D eigenvalue weighted by molar-refractivity contribution is 5.94. The lowest BCUT2D eigenvalue weighted by Gasteiger charge is -2.33. The van der Waals surface area contributed by atoms with Crippen molar-refractivity contribution >= 4 is 5.91 Å². The molecule has 26 heavy (non-hydrogen) atoms. The number of benzene rings is 2. The van der Waals surface area contributed by atoms with Crippen LogP contribution in [-0.2, 0) is 11.2 Å². The molecule has 0 saturated carbocycles. The second-order valence-corrected chi connectivity index (χ2v) is 6.57. The monoisotopic (exact) mass is 346 g/mol. The van der Waals surface area contributed by atoms with Gasteiger partial charge in [-0.05, 0) is 42.0 Å². The van der Waals surface area contributed by atoms with E-state index >= 15 is 0 Å². The Balaban J connectivity index is 1.42. The van der Waals surface area contributed by atoms with E-state index in [1.54, 1.807) is 0 Å². The van der Waals surface area contributed by atoms with Crippen molar-refractivity contribution in [2.45, 2.75) is 12.5 Å². The number of hydrogen-bond donors (Lipinski definition) is 0. The second-order valence-electron chi connectivity index (χ2n) is 6.57. The van der Waals surface area contributed by atoms with Crippen LogP contribution in [0.2, 0.25) is 0 Å². The van der Waals surface area contributed by atoms with Gasteiger partial charge in [0.15, 0.2) is 0 Å². The normalized spacial score (nSPS) is 17.2. The van der Waals surface area contributed by atoms with E-state index in [1.165, 1.54) is 5.56 Å². The fraction of sp³-hybridized carbons (Fsp3) is 0.227. The Morgan fingerprint density at radius 3 is 2.42 bits per heavy atom. The van der Waals surface area contributed by atoms with Gasteiger partial charge in [0, 0.05) is 43.2 Å². The minimum Gasteiger partial charge on any atom is -0.374 e. The summed E-state index contributed by atoms with van der Waals surface area (Å²) in [6, 6.07) is 22.0. The molecular formula is C22H22N2O2. The predicted octanol–water partition coefficient (Wildman–Crippen LogP) is 3.56. The Bertz CT molecular complexity index is 842. The van der Waals surface area contributed by atoms with Gasteiger partial charge in [-0.1, -0.05) is 30.3 Å². The van der Waals surface area contributed by atoms with Crippen LogP contribution >= 0.6 is 0 Å². The molecule has 4 nitrogen and oxygen atoms in total. The van der Waals surface area contributed by atoms with E-state index in [0.717, 1.165) is 17.7 Å². The molecular weight excluding hydrogens is 324 g/mol. The zero-order valence-corrected chi connectivity index (χ0v) is 14.6. The van der Waals surface area contributed by atoms with Crippen LogP contribution < -0.4 is 0 Å². The molecule has 0 aliphatic carbocycles. The van der Waals surface area contributed by atoms with Crippen LogP contribution in [0.25, 0.3) is 5.69 Å². The van der Waals surface area contributed by atoms with E-state index in [4.69, 9.17) is 4.74 Å². The molecule has 1 saturated heterocycles. The standard InChI is InChI=1S/C22H22N2O2/c25-22(19-8-10-20(11-9-19)23-12-4-5-13-23)24-14-15-26-21(17-24)16-18-6-2-1-3-7-18/h1-13,21H,14-17H2. The summed E-state index contributed by atoms with van der Waals surface area (Å²) in [7, 11) is 0. The van der Waals surface area contributed by atoms with Gasteiger partial charge in [-0.2, -0.15) is 0 Å². The lowest BCUT2D eigenvalue weighted by molar-refractivity contribution is -0.0208. The zero-order chi connectivity index (χ0) is 17.8. The highest BCUT2D eigenvalue weighted by Crippen LogP contribution is 2.16. The molecule has 0 spiro atoms. The van der Waals surface area contributed by atoms with E-state index in [1.807, 2.05) is 76.5 Å². The summed E-state index contributed by atoms with van der Waals surface area (Å²) >= 11 is 0. The number of morpholine rings is 1. The Morgan fingerprint density at radius 2 is 1.69 bits per heavy atom. The van der Waals surface area contributed by atoms with E-state index in [9.17, 15) is 4.79 Å². The molecule has 2 heterocycles. The molecule has 4 heteroatoms. The van der Waals surface area contributed by atoms with Gasteiger partial charge in [-0.3, -0.25) is 4.79 Å². The van der Waals surface area contributed by atoms with Crippen LogP contribution in [0.15, 0.2) is 79.1 Å². The number of nitrogens with zero attached hydrogens (tertiary/aromatic N) is 2. The molecule has 2 aromatic carbocycles. The van der Waals surface area contributed by atoms with Crippen molar-refractivity contribution in [3.8, 4) is 5.69 Å². The SMILES string of the molecule is O=C(c1ccc(-n2cccc2)cc1)N1CCOC(Cc2ccccc2)C1. The van der Waals surface area contributed by atoms with Crippen LogP contribution in [0.3, 0.4) is 0 Å². The topological polar surface area (TPSA) is 34.5 Å². The lowest BCUT2D eigenvalue weighted by atomic mass is 10.1. The second kappa shape index (κ2) is 7.58. The average Bonchev–Trinajstić information content (AvgIpc) is 3.23. The van der Waals surface area contributed by atoms with Crippen LogP contribution in [0.1, 0.15) is 15.9 Å². The maximum atomic E-state index is 12.9. The maximum Gasteiger partial charge on any atom is 0.254 e. The third-order valence-corrected chi connectivity index (χ3v) is 4.75. The molecule has 3 aromatic rings. The quantitative estimate of drug-likeness (QED) is 0.724. The van der Waals surface area contributed by atoms with Gasteiger partial charge in [0.25, 0.3) is 5.91 Å². The number of carbonyl (C=O) groups excluding carboxylic acids is 1. The molecule has 1 fully saturated rings. The Labute approximate surface area is 153 Å². The van der Waals surface area contributed by atoms with Crippen molar-refractivity contribution in [3.05, 3.63) is 90.3 Å². The van der Waals surface area contributed by atoms with Crippen molar-refractivity contribution in [3.63, 3.8) is 0 Å². The fourth-order valence-electron chi connectivity index (χ4n) is 3.37. The third-order valence-electron chi connectivity index (χ3n) is 4.75. The lowest BCUT2D eigenvalue weighted by Crippen LogP contribution is -2.46. The predicted molar refractivity (Wildman–Crippen MR) is 102 cm³/mol. The highest BCUT2D eigenvalue weighted by Gasteiger charge is 2.25. The van der Waals surface area contributed by atoms with Crippen LogP contribution in [-0.4, -0.2) is 41.2 Å². The first-order chi connectivity index (χ1) is 12.8. The first-order valence-electron chi connectivity index (χ1n) is 8.98. The summed E-state index contributed by atoms with van der Waals surface area (Å²) in [6.45, 7) is 1.86. The zero-order valence-electron chi connectivity index (χ0n) is 14.6. The van der Waals surface area contributed by atoms with E-state index < -0.39 is 0 Å². The van der Waals surface area contributed by atoms with Crippen molar-refractivity contribution in [2.75, 3.05) is 19.7 Å². The van der Waals surface area contributed by atoms with E-state index in [2.05, 4.69) is 12.1 Å². The van der Waals surface area contributed by atoms with Crippen molar-refractivity contribution in [1.82, 2.24) is 9.47 Å². The van der Waals surface area contributed by atoms with Gasteiger partial charge in [0.1, 0.15) is 0 Å². The van der Waals surface area contributed by atoms with E-state index in [-0.39, 0.29) is 12.0 Å². The number of ether oxygens (including phenoxy) is 1.